The lowest BCUT2D eigenvalue weighted by Gasteiger charge is -2.10. The van der Waals surface area contributed by atoms with Crippen LogP contribution in [0.5, 0.6) is 0 Å². The maximum absolute atomic E-state index is 5.98. The SMILES string of the molecule is Cc1cccc(-c2cccc3oc4ccccc4c23)c1C. The predicted octanol–water partition coefficient (Wildman–Crippen LogP) is 5.87. The van der Waals surface area contributed by atoms with Crippen LogP contribution in [0.15, 0.2) is 65.1 Å². The van der Waals surface area contributed by atoms with Crippen molar-refractivity contribution in [2.45, 2.75) is 13.8 Å². The minimum absolute atomic E-state index is 0.949. The molecule has 0 spiro atoms. The number of hydrogen-bond acceptors (Lipinski definition) is 1. The van der Waals surface area contributed by atoms with Crippen LogP contribution >= 0.6 is 0 Å². The van der Waals surface area contributed by atoms with Gasteiger partial charge >= 0.3 is 0 Å². The molecule has 4 rings (SSSR count). The zero-order chi connectivity index (χ0) is 14.4. The zero-order valence-corrected chi connectivity index (χ0v) is 12.2. The third kappa shape index (κ3) is 1.78. The Bertz CT molecular complexity index is 960. The molecule has 0 saturated heterocycles. The van der Waals surface area contributed by atoms with E-state index in [1.807, 2.05) is 18.2 Å². The fourth-order valence-corrected chi connectivity index (χ4v) is 3.04. The number of benzene rings is 3. The van der Waals surface area contributed by atoms with E-state index in [1.54, 1.807) is 0 Å². The summed E-state index contributed by atoms with van der Waals surface area (Å²) < 4.78 is 5.98. The summed E-state index contributed by atoms with van der Waals surface area (Å²) in [4.78, 5) is 0. The number of furan rings is 1. The summed E-state index contributed by atoms with van der Waals surface area (Å²) in [5, 5.41) is 2.39. The lowest BCUT2D eigenvalue weighted by atomic mass is 9.94. The van der Waals surface area contributed by atoms with E-state index in [4.69, 9.17) is 4.42 Å². The highest BCUT2D eigenvalue weighted by Gasteiger charge is 2.13. The van der Waals surface area contributed by atoms with Gasteiger partial charge in [-0.25, -0.2) is 0 Å². The highest BCUT2D eigenvalue weighted by Crippen LogP contribution is 2.37. The zero-order valence-electron chi connectivity index (χ0n) is 12.2. The van der Waals surface area contributed by atoms with E-state index < -0.39 is 0 Å². The second-order valence-electron chi connectivity index (χ2n) is 5.52. The highest BCUT2D eigenvalue weighted by atomic mass is 16.3. The third-order valence-corrected chi connectivity index (χ3v) is 4.30. The minimum atomic E-state index is 0.949. The Hall–Kier alpha value is -2.54. The molecule has 0 aliphatic rings. The molecule has 0 radical (unpaired) electrons. The fourth-order valence-electron chi connectivity index (χ4n) is 3.04. The van der Waals surface area contributed by atoms with Crippen molar-refractivity contribution in [1.82, 2.24) is 0 Å². The molecule has 0 saturated carbocycles. The first-order chi connectivity index (χ1) is 10.3. The van der Waals surface area contributed by atoms with Crippen LogP contribution in [-0.4, -0.2) is 0 Å². The molecule has 0 aliphatic carbocycles. The van der Waals surface area contributed by atoms with Gasteiger partial charge in [-0.05, 0) is 48.2 Å². The summed E-state index contributed by atoms with van der Waals surface area (Å²) in [5.41, 5.74) is 7.08. The average Bonchev–Trinajstić information content (AvgIpc) is 2.89. The standard InChI is InChI=1S/C20H16O/c1-13-7-5-9-15(14(13)2)16-10-6-12-19-20(16)17-8-3-4-11-18(17)21-19/h3-12H,1-2H3. The summed E-state index contributed by atoms with van der Waals surface area (Å²) in [6, 6.07) is 21.0. The Morgan fingerprint density at radius 1 is 0.667 bits per heavy atom. The van der Waals surface area contributed by atoms with Gasteiger partial charge in [0.05, 0.1) is 0 Å². The van der Waals surface area contributed by atoms with E-state index in [-0.39, 0.29) is 0 Å². The van der Waals surface area contributed by atoms with Gasteiger partial charge in [0.25, 0.3) is 0 Å². The normalized spacial score (nSPS) is 11.3. The van der Waals surface area contributed by atoms with Gasteiger partial charge in [0.15, 0.2) is 0 Å². The second kappa shape index (κ2) is 4.49. The molecule has 0 N–H and O–H groups in total. The van der Waals surface area contributed by atoms with Crippen LogP contribution in [0.2, 0.25) is 0 Å². The molecule has 0 atom stereocenters. The molecule has 1 heterocycles. The Kier molecular flexibility index (Phi) is 2.61. The van der Waals surface area contributed by atoms with E-state index in [0.29, 0.717) is 0 Å². The molecule has 0 bridgehead atoms. The van der Waals surface area contributed by atoms with Crippen molar-refractivity contribution in [1.29, 1.82) is 0 Å². The first-order valence-corrected chi connectivity index (χ1v) is 7.22. The molecule has 3 aromatic carbocycles. The van der Waals surface area contributed by atoms with Gasteiger partial charge in [0, 0.05) is 10.8 Å². The van der Waals surface area contributed by atoms with Crippen LogP contribution in [0.1, 0.15) is 11.1 Å². The summed E-state index contributed by atoms with van der Waals surface area (Å²) in [6.07, 6.45) is 0. The number of hydrogen-bond donors (Lipinski definition) is 0. The lowest BCUT2D eigenvalue weighted by molar-refractivity contribution is 0.669. The van der Waals surface area contributed by atoms with Crippen LogP contribution < -0.4 is 0 Å². The number of para-hydroxylation sites is 1. The molecular weight excluding hydrogens is 256 g/mol. The Morgan fingerprint density at radius 2 is 1.38 bits per heavy atom. The van der Waals surface area contributed by atoms with Gasteiger partial charge in [-0.2, -0.15) is 0 Å². The maximum Gasteiger partial charge on any atom is 0.136 e. The largest absolute Gasteiger partial charge is 0.456 e. The van der Waals surface area contributed by atoms with E-state index in [1.165, 1.54) is 33.0 Å². The minimum Gasteiger partial charge on any atom is -0.456 e. The summed E-state index contributed by atoms with van der Waals surface area (Å²) in [5.74, 6) is 0. The van der Waals surface area contributed by atoms with Gasteiger partial charge in [-0.3, -0.25) is 0 Å². The van der Waals surface area contributed by atoms with Crippen molar-refractivity contribution in [3.8, 4) is 11.1 Å². The molecule has 1 aromatic heterocycles. The van der Waals surface area contributed by atoms with Crippen molar-refractivity contribution < 1.29 is 4.42 Å². The highest BCUT2D eigenvalue weighted by molar-refractivity contribution is 6.12. The van der Waals surface area contributed by atoms with Crippen LogP contribution in [0.3, 0.4) is 0 Å². The van der Waals surface area contributed by atoms with Gasteiger partial charge in [0.2, 0.25) is 0 Å². The Labute approximate surface area is 123 Å². The fraction of sp³-hybridized carbons (Fsp3) is 0.100. The van der Waals surface area contributed by atoms with E-state index >= 15 is 0 Å². The van der Waals surface area contributed by atoms with Crippen LogP contribution in [0.25, 0.3) is 33.1 Å². The summed E-state index contributed by atoms with van der Waals surface area (Å²) in [6.45, 7) is 4.35. The lowest BCUT2D eigenvalue weighted by Crippen LogP contribution is -1.87. The molecule has 0 unspecified atom stereocenters. The van der Waals surface area contributed by atoms with Crippen molar-refractivity contribution in [3.05, 3.63) is 71.8 Å². The molecular formula is C20H16O. The first-order valence-electron chi connectivity index (χ1n) is 7.22. The molecule has 0 amide bonds. The Morgan fingerprint density at radius 3 is 2.29 bits per heavy atom. The monoisotopic (exact) mass is 272 g/mol. The smallest absolute Gasteiger partial charge is 0.136 e. The van der Waals surface area contributed by atoms with Crippen LogP contribution in [0.4, 0.5) is 0 Å². The summed E-state index contributed by atoms with van der Waals surface area (Å²) >= 11 is 0. The molecule has 102 valence electrons. The van der Waals surface area contributed by atoms with E-state index in [0.717, 1.165) is 11.2 Å². The molecule has 1 heteroatoms. The predicted molar refractivity (Wildman–Crippen MR) is 88.6 cm³/mol. The average molecular weight is 272 g/mol. The Balaban J connectivity index is 2.16. The van der Waals surface area contributed by atoms with Crippen LogP contribution in [0, 0.1) is 13.8 Å². The topological polar surface area (TPSA) is 13.1 Å². The summed E-state index contributed by atoms with van der Waals surface area (Å²) in [7, 11) is 0. The van der Waals surface area contributed by atoms with Gasteiger partial charge in [-0.1, -0.05) is 48.5 Å². The van der Waals surface area contributed by atoms with Gasteiger partial charge < -0.3 is 4.42 Å². The first kappa shape index (κ1) is 12.2. The van der Waals surface area contributed by atoms with E-state index in [2.05, 4.69) is 56.3 Å². The number of aryl methyl sites for hydroxylation is 1. The maximum atomic E-state index is 5.98. The molecule has 0 fully saturated rings. The molecule has 1 nitrogen and oxygen atoms in total. The quantitative estimate of drug-likeness (QED) is 0.422. The third-order valence-electron chi connectivity index (χ3n) is 4.30. The van der Waals surface area contributed by atoms with Crippen molar-refractivity contribution in [3.63, 3.8) is 0 Å². The van der Waals surface area contributed by atoms with Gasteiger partial charge in [-0.15, -0.1) is 0 Å². The second-order valence-corrected chi connectivity index (χ2v) is 5.52. The van der Waals surface area contributed by atoms with Gasteiger partial charge in [0.1, 0.15) is 11.2 Å². The molecule has 21 heavy (non-hydrogen) atoms. The molecule has 4 aromatic rings. The van der Waals surface area contributed by atoms with Crippen LogP contribution in [-0.2, 0) is 0 Å². The van der Waals surface area contributed by atoms with Crippen molar-refractivity contribution in [2.75, 3.05) is 0 Å². The molecule has 0 aliphatic heterocycles. The number of rotatable bonds is 1. The van der Waals surface area contributed by atoms with Crippen molar-refractivity contribution >= 4 is 21.9 Å². The van der Waals surface area contributed by atoms with E-state index in [9.17, 15) is 0 Å². The number of fused-ring (bicyclic) bond motifs is 3. The van der Waals surface area contributed by atoms with Crippen molar-refractivity contribution in [2.24, 2.45) is 0 Å².